The van der Waals surface area contributed by atoms with Gasteiger partial charge in [0.05, 0.1) is 0 Å². The van der Waals surface area contributed by atoms with Crippen molar-refractivity contribution >= 4 is 0 Å². The fraction of sp³-hybridized carbons (Fsp3) is 0.500. The molecule has 0 aromatic heterocycles. The molecule has 1 rings (SSSR count). The zero-order valence-electron chi connectivity index (χ0n) is 6.87. The fourth-order valence-electron chi connectivity index (χ4n) is 0.798. The highest BCUT2D eigenvalue weighted by Gasteiger charge is 2.02. The van der Waals surface area contributed by atoms with Crippen LogP contribution in [0.3, 0.4) is 0 Å². The third-order valence-electron chi connectivity index (χ3n) is 1.44. The van der Waals surface area contributed by atoms with Crippen LogP contribution in [0, 0.1) is 0 Å². The van der Waals surface area contributed by atoms with E-state index in [9.17, 15) is 0 Å². The standard InChI is InChI=1S/C7H10O2.CH4O/c1-6-2-4-7(9-8)5-3-6;1-2/h2,4,8H,3,5H2,1H3;2H,1H3. The number of allylic oxidation sites excluding steroid dienone is 4. The second-order valence-electron chi connectivity index (χ2n) is 2.24. The van der Waals surface area contributed by atoms with E-state index in [-0.39, 0.29) is 0 Å². The number of hydrogen-bond donors (Lipinski definition) is 2. The van der Waals surface area contributed by atoms with Crippen LogP contribution in [-0.4, -0.2) is 17.5 Å². The molecule has 0 aromatic rings. The molecule has 64 valence electrons. The number of rotatable bonds is 1. The summed E-state index contributed by atoms with van der Waals surface area (Å²) in [5.74, 6) is 0.653. The minimum Gasteiger partial charge on any atom is -0.400 e. The molecule has 0 fully saturated rings. The van der Waals surface area contributed by atoms with Crippen LogP contribution in [0.2, 0.25) is 0 Å². The molecule has 0 amide bonds. The lowest BCUT2D eigenvalue weighted by atomic mass is 10.1. The number of aliphatic hydroxyl groups excluding tert-OH is 1. The Bertz CT molecular complexity index is 159. The van der Waals surface area contributed by atoms with E-state index in [0.717, 1.165) is 20.0 Å². The molecule has 0 heterocycles. The van der Waals surface area contributed by atoms with Gasteiger partial charge in [0.15, 0.2) is 0 Å². The van der Waals surface area contributed by atoms with Crippen LogP contribution in [0.4, 0.5) is 0 Å². The van der Waals surface area contributed by atoms with E-state index in [1.165, 1.54) is 5.57 Å². The SMILES string of the molecule is CC1=CC=C(OO)CC1.CO. The Hall–Kier alpha value is -0.800. The fourth-order valence-corrected chi connectivity index (χ4v) is 0.798. The molecular weight excluding hydrogens is 144 g/mol. The molecule has 0 spiro atoms. The minimum atomic E-state index is 0.653. The topological polar surface area (TPSA) is 49.7 Å². The molecule has 3 nitrogen and oxygen atoms in total. The number of aliphatic hydroxyl groups is 1. The third kappa shape index (κ3) is 3.80. The van der Waals surface area contributed by atoms with Crippen LogP contribution in [0.25, 0.3) is 0 Å². The third-order valence-corrected chi connectivity index (χ3v) is 1.44. The lowest BCUT2D eigenvalue weighted by Gasteiger charge is -2.07. The van der Waals surface area contributed by atoms with Crippen molar-refractivity contribution in [3.8, 4) is 0 Å². The Labute approximate surface area is 66.5 Å². The van der Waals surface area contributed by atoms with Gasteiger partial charge in [-0.15, -0.1) is 0 Å². The minimum absolute atomic E-state index is 0.653. The first kappa shape index (κ1) is 10.2. The molecule has 0 saturated heterocycles. The highest BCUT2D eigenvalue weighted by atomic mass is 17.1. The molecule has 0 aliphatic heterocycles. The van der Waals surface area contributed by atoms with Crippen molar-refractivity contribution in [1.29, 1.82) is 0 Å². The van der Waals surface area contributed by atoms with E-state index in [1.54, 1.807) is 6.08 Å². The van der Waals surface area contributed by atoms with Gasteiger partial charge in [0.2, 0.25) is 0 Å². The van der Waals surface area contributed by atoms with Crippen molar-refractivity contribution in [2.24, 2.45) is 0 Å². The largest absolute Gasteiger partial charge is 0.400 e. The quantitative estimate of drug-likeness (QED) is 0.451. The first-order valence-corrected chi connectivity index (χ1v) is 3.45. The molecule has 1 aliphatic carbocycles. The number of hydrogen-bond acceptors (Lipinski definition) is 3. The van der Waals surface area contributed by atoms with E-state index in [2.05, 4.69) is 11.8 Å². The van der Waals surface area contributed by atoms with Gasteiger partial charge in [-0.1, -0.05) is 11.6 Å². The maximum Gasteiger partial charge on any atom is 0.142 e. The van der Waals surface area contributed by atoms with Gasteiger partial charge in [0.1, 0.15) is 5.76 Å². The predicted octanol–water partition coefficient (Wildman–Crippen LogP) is 1.71. The highest BCUT2D eigenvalue weighted by Crippen LogP contribution is 2.17. The zero-order valence-corrected chi connectivity index (χ0v) is 6.87. The van der Waals surface area contributed by atoms with Crippen molar-refractivity contribution in [3.05, 3.63) is 23.5 Å². The Morgan fingerprint density at radius 2 is 1.91 bits per heavy atom. The summed E-state index contributed by atoms with van der Waals surface area (Å²) < 4.78 is 0. The Kier molecular flexibility index (Phi) is 5.51. The molecule has 0 unspecified atom stereocenters. The summed E-state index contributed by atoms with van der Waals surface area (Å²) in [5.41, 5.74) is 1.33. The van der Waals surface area contributed by atoms with Gasteiger partial charge in [-0.2, -0.15) is 0 Å². The smallest absolute Gasteiger partial charge is 0.142 e. The molecular formula is C8H14O3. The van der Waals surface area contributed by atoms with Crippen LogP contribution in [-0.2, 0) is 4.89 Å². The Morgan fingerprint density at radius 1 is 1.27 bits per heavy atom. The second-order valence-corrected chi connectivity index (χ2v) is 2.24. The van der Waals surface area contributed by atoms with Crippen LogP contribution in [0.15, 0.2) is 23.5 Å². The van der Waals surface area contributed by atoms with Gasteiger partial charge < -0.3 is 9.99 Å². The summed E-state index contributed by atoms with van der Waals surface area (Å²) in [7, 11) is 1.00. The summed E-state index contributed by atoms with van der Waals surface area (Å²) in [6.45, 7) is 2.06. The lowest BCUT2D eigenvalue weighted by Crippen LogP contribution is -1.92. The van der Waals surface area contributed by atoms with Crippen molar-refractivity contribution in [2.75, 3.05) is 7.11 Å². The van der Waals surface area contributed by atoms with Crippen LogP contribution < -0.4 is 0 Å². The highest BCUT2D eigenvalue weighted by molar-refractivity contribution is 5.18. The van der Waals surface area contributed by atoms with E-state index in [1.807, 2.05) is 6.08 Å². The Balaban J connectivity index is 0.000000461. The van der Waals surface area contributed by atoms with Gasteiger partial charge in [-0.3, -0.25) is 0 Å². The van der Waals surface area contributed by atoms with Crippen molar-refractivity contribution < 1.29 is 15.3 Å². The van der Waals surface area contributed by atoms with Crippen LogP contribution in [0.1, 0.15) is 19.8 Å². The van der Waals surface area contributed by atoms with Gasteiger partial charge >= 0.3 is 0 Å². The molecule has 0 saturated carbocycles. The summed E-state index contributed by atoms with van der Waals surface area (Å²) >= 11 is 0. The van der Waals surface area contributed by atoms with Crippen molar-refractivity contribution in [2.45, 2.75) is 19.8 Å². The lowest BCUT2D eigenvalue weighted by molar-refractivity contribution is -0.205. The Morgan fingerprint density at radius 3 is 2.27 bits per heavy atom. The van der Waals surface area contributed by atoms with E-state index in [0.29, 0.717) is 5.76 Å². The molecule has 0 atom stereocenters. The second kappa shape index (κ2) is 5.95. The van der Waals surface area contributed by atoms with Gasteiger partial charge in [-0.25, -0.2) is 5.26 Å². The molecule has 0 bridgehead atoms. The van der Waals surface area contributed by atoms with Crippen molar-refractivity contribution in [3.63, 3.8) is 0 Å². The van der Waals surface area contributed by atoms with Crippen LogP contribution in [0.5, 0.6) is 0 Å². The molecule has 1 aliphatic rings. The first-order valence-electron chi connectivity index (χ1n) is 3.45. The maximum absolute atomic E-state index is 8.18. The summed E-state index contributed by atoms with van der Waals surface area (Å²) in [6, 6.07) is 0. The van der Waals surface area contributed by atoms with E-state index >= 15 is 0 Å². The van der Waals surface area contributed by atoms with Gasteiger partial charge in [0.25, 0.3) is 0 Å². The summed E-state index contributed by atoms with van der Waals surface area (Å²) in [5, 5.41) is 15.2. The van der Waals surface area contributed by atoms with E-state index < -0.39 is 0 Å². The molecule has 3 heteroatoms. The molecule has 0 aromatic carbocycles. The predicted molar refractivity (Wildman–Crippen MR) is 42.9 cm³/mol. The summed E-state index contributed by atoms with van der Waals surface area (Å²) in [4.78, 5) is 4.06. The zero-order chi connectivity index (χ0) is 8.69. The molecule has 11 heavy (non-hydrogen) atoms. The maximum atomic E-state index is 8.18. The normalized spacial score (nSPS) is 15.6. The van der Waals surface area contributed by atoms with Gasteiger partial charge in [0, 0.05) is 13.5 Å². The summed E-state index contributed by atoms with van der Waals surface area (Å²) in [6.07, 6.45) is 5.55. The van der Waals surface area contributed by atoms with E-state index in [4.69, 9.17) is 10.4 Å². The average molecular weight is 158 g/mol. The molecule has 0 radical (unpaired) electrons. The monoisotopic (exact) mass is 158 g/mol. The first-order chi connectivity index (χ1) is 5.33. The van der Waals surface area contributed by atoms with Gasteiger partial charge in [-0.05, 0) is 19.4 Å². The average Bonchev–Trinajstić information content (AvgIpc) is 2.10. The molecule has 2 N–H and O–H groups in total. The van der Waals surface area contributed by atoms with Crippen molar-refractivity contribution in [1.82, 2.24) is 0 Å². The van der Waals surface area contributed by atoms with Crippen LogP contribution >= 0.6 is 0 Å².